The van der Waals surface area contributed by atoms with Crippen LogP contribution >= 0.6 is 15.9 Å². The number of rotatable bonds is 4. The van der Waals surface area contributed by atoms with Crippen LogP contribution in [0.15, 0.2) is 53.5 Å². The molecule has 23 heavy (non-hydrogen) atoms. The van der Waals surface area contributed by atoms with E-state index in [9.17, 15) is 0 Å². The minimum atomic E-state index is 0.0645. The molecule has 0 saturated carbocycles. The van der Waals surface area contributed by atoms with Crippen LogP contribution in [0.3, 0.4) is 0 Å². The summed E-state index contributed by atoms with van der Waals surface area (Å²) in [4.78, 5) is 8.64. The van der Waals surface area contributed by atoms with Gasteiger partial charge in [-0.25, -0.2) is 4.98 Å². The summed E-state index contributed by atoms with van der Waals surface area (Å²) in [5, 5.41) is 3.62. The lowest BCUT2D eigenvalue weighted by atomic mass is 10.0. The number of nitrogens with zero attached hydrogens (tertiary/aromatic N) is 3. The summed E-state index contributed by atoms with van der Waals surface area (Å²) in [6.07, 6.45) is 8.70. The van der Waals surface area contributed by atoms with E-state index in [4.69, 9.17) is 4.74 Å². The monoisotopic (exact) mass is 372 g/mol. The molecule has 2 atom stereocenters. The Bertz CT molecular complexity index is 805. The largest absolute Gasteiger partial charge is 0.372 e. The van der Waals surface area contributed by atoms with E-state index in [1.165, 1.54) is 0 Å². The second-order valence-corrected chi connectivity index (χ2v) is 6.59. The molecule has 118 valence electrons. The van der Waals surface area contributed by atoms with E-state index >= 15 is 0 Å². The molecule has 0 aromatic carbocycles. The zero-order valence-corrected chi connectivity index (χ0v) is 14.1. The molecule has 4 heterocycles. The molecule has 0 unspecified atom stereocenters. The van der Waals surface area contributed by atoms with Gasteiger partial charge in [0.25, 0.3) is 0 Å². The highest BCUT2D eigenvalue weighted by atomic mass is 79.9. The van der Waals surface area contributed by atoms with Gasteiger partial charge < -0.3 is 14.5 Å². The van der Waals surface area contributed by atoms with Gasteiger partial charge in [0.1, 0.15) is 5.65 Å². The third kappa shape index (κ3) is 3.02. The van der Waals surface area contributed by atoms with Crippen molar-refractivity contribution in [3.8, 4) is 0 Å². The van der Waals surface area contributed by atoms with Gasteiger partial charge in [0, 0.05) is 47.8 Å². The summed E-state index contributed by atoms with van der Waals surface area (Å²) < 4.78 is 9.04. The van der Waals surface area contributed by atoms with Crippen LogP contribution in [0.2, 0.25) is 0 Å². The third-order valence-corrected chi connectivity index (χ3v) is 4.67. The Morgan fingerprint density at radius 1 is 1.30 bits per heavy atom. The van der Waals surface area contributed by atoms with Crippen LogP contribution in [-0.2, 0) is 11.3 Å². The van der Waals surface area contributed by atoms with E-state index in [2.05, 4.69) is 41.7 Å². The SMILES string of the molecule is Brc1ccc2ncc(CN[C@H]3CCO[C@@H]3c3cccnc3)n2c1. The lowest BCUT2D eigenvalue weighted by Crippen LogP contribution is -2.31. The Kier molecular flexibility index (Phi) is 4.11. The van der Waals surface area contributed by atoms with Crippen molar-refractivity contribution < 1.29 is 4.74 Å². The molecule has 0 aliphatic carbocycles. The van der Waals surface area contributed by atoms with Crippen LogP contribution in [0, 0.1) is 0 Å². The summed E-state index contributed by atoms with van der Waals surface area (Å²) in [5.74, 6) is 0. The molecule has 3 aromatic heterocycles. The van der Waals surface area contributed by atoms with Crippen molar-refractivity contribution in [3.63, 3.8) is 0 Å². The number of aromatic nitrogens is 3. The summed E-state index contributed by atoms with van der Waals surface area (Å²) in [7, 11) is 0. The molecule has 0 spiro atoms. The zero-order chi connectivity index (χ0) is 15.6. The molecule has 4 rings (SSSR count). The number of halogens is 1. The maximum absolute atomic E-state index is 5.90. The summed E-state index contributed by atoms with van der Waals surface area (Å²) in [6, 6.07) is 8.32. The van der Waals surface area contributed by atoms with Gasteiger partial charge in [0.05, 0.1) is 18.0 Å². The average molecular weight is 373 g/mol. The fraction of sp³-hybridized carbons (Fsp3) is 0.294. The van der Waals surface area contributed by atoms with Crippen molar-refractivity contribution in [1.29, 1.82) is 0 Å². The molecule has 0 amide bonds. The number of imidazole rings is 1. The minimum Gasteiger partial charge on any atom is -0.372 e. The number of hydrogen-bond acceptors (Lipinski definition) is 4. The Balaban J connectivity index is 1.50. The van der Waals surface area contributed by atoms with Crippen LogP contribution in [0.4, 0.5) is 0 Å². The van der Waals surface area contributed by atoms with E-state index in [0.717, 1.165) is 40.9 Å². The summed E-state index contributed by atoms with van der Waals surface area (Å²) in [6.45, 7) is 1.53. The highest BCUT2D eigenvalue weighted by Crippen LogP contribution is 2.28. The standard InChI is InChI=1S/C17H17BrN4O/c18-13-3-4-16-21-10-14(22(16)11-13)9-20-15-5-7-23-17(15)12-2-1-6-19-8-12/h1-4,6,8,10-11,15,17,20H,5,7,9H2/t15-,17+/m0/s1. The number of hydrogen-bond donors (Lipinski definition) is 1. The van der Waals surface area contributed by atoms with Gasteiger partial charge in [0.2, 0.25) is 0 Å². The van der Waals surface area contributed by atoms with Crippen molar-refractivity contribution in [3.05, 3.63) is 64.8 Å². The second-order valence-electron chi connectivity index (χ2n) is 5.68. The molecule has 1 saturated heterocycles. The first-order valence-electron chi connectivity index (χ1n) is 7.68. The Morgan fingerprint density at radius 3 is 3.13 bits per heavy atom. The number of pyridine rings is 2. The molecule has 1 N–H and O–H groups in total. The molecule has 5 nitrogen and oxygen atoms in total. The topological polar surface area (TPSA) is 51.5 Å². The smallest absolute Gasteiger partial charge is 0.136 e. The first-order valence-corrected chi connectivity index (χ1v) is 8.47. The number of ether oxygens (including phenoxy) is 1. The summed E-state index contributed by atoms with van der Waals surface area (Å²) in [5.41, 5.74) is 3.22. The first-order chi connectivity index (χ1) is 11.3. The van der Waals surface area contributed by atoms with Gasteiger partial charge in [-0.2, -0.15) is 0 Å². The Hall–Kier alpha value is -1.76. The predicted octanol–water partition coefficient (Wildman–Crippen LogP) is 3.11. The van der Waals surface area contributed by atoms with Crippen LogP contribution < -0.4 is 5.32 Å². The van der Waals surface area contributed by atoms with E-state index in [-0.39, 0.29) is 12.1 Å². The van der Waals surface area contributed by atoms with E-state index < -0.39 is 0 Å². The lowest BCUT2D eigenvalue weighted by Gasteiger charge is -2.19. The van der Waals surface area contributed by atoms with Gasteiger partial charge in [-0.15, -0.1) is 0 Å². The Labute approximate surface area is 142 Å². The van der Waals surface area contributed by atoms with Gasteiger partial charge >= 0.3 is 0 Å². The van der Waals surface area contributed by atoms with Crippen molar-refractivity contribution >= 4 is 21.6 Å². The molecule has 3 aromatic rings. The first kappa shape index (κ1) is 14.8. The van der Waals surface area contributed by atoms with Crippen LogP contribution in [0.25, 0.3) is 5.65 Å². The average Bonchev–Trinajstić information content (AvgIpc) is 3.20. The maximum Gasteiger partial charge on any atom is 0.136 e. The molecule has 0 radical (unpaired) electrons. The van der Waals surface area contributed by atoms with E-state index in [1.54, 1.807) is 6.20 Å². The zero-order valence-electron chi connectivity index (χ0n) is 12.5. The van der Waals surface area contributed by atoms with Crippen molar-refractivity contribution in [2.45, 2.75) is 25.1 Å². The lowest BCUT2D eigenvalue weighted by molar-refractivity contribution is 0.0981. The second kappa shape index (κ2) is 6.39. The van der Waals surface area contributed by atoms with E-state index in [1.807, 2.05) is 36.8 Å². The third-order valence-electron chi connectivity index (χ3n) is 4.20. The molecule has 6 heteroatoms. The van der Waals surface area contributed by atoms with Gasteiger partial charge in [-0.1, -0.05) is 6.07 Å². The molecular formula is C17H17BrN4O. The highest BCUT2D eigenvalue weighted by Gasteiger charge is 2.29. The fourth-order valence-electron chi connectivity index (χ4n) is 3.04. The highest BCUT2D eigenvalue weighted by molar-refractivity contribution is 9.10. The van der Waals surface area contributed by atoms with Crippen molar-refractivity contribution in [2.75, 3.05) is 6.61 Å². The van der Waals surface area contributed by atoms with Crippen LogP contribution in [0.1, 0.15) is 23.8 Å². The minimum absolute atomic E-state index is 0.0645. The molecular weight excluding hydrogens is 356 g/mol. The molecule has 0 bridgehead atoms. The van der Waals surface area contributed by atoms with Gasteiger partial charge in [-0.3, -0.25) is 4.98 Å². The Morgan fingerprint density at radius 2 is 2.26 bits per heavy atom. The number of nitrogens with one attached hydrogen (secondary N) is 1. The molecule has 1 fully saturated rings. The van der Waals surface area contributed by atoms with Crippen molar-refractivity contribution in [1.82, 2.24) is 19.7 Å². The van der Waals surface area contributed by atoms with Crippen LogP contribution in [0.5, 0.6) is 0 Å². The maximum atomic E-state index is 5.90. The quantitative estimate of drug-likeness (QED) is 0.764. The van der Waals surface area contributed by atoms with E-state index in [0.29, 0.717) is 0 Å². The molecule has 1 aliphatic rings. The fourth-order valence-corrected chi connectivity index (χ4v) is 3.38. The number of fused-ring (bicyclic) bond motifs is 1. The van der Waals surface area contributed by atoms with Crippen molar-refractivity contribution in [2.24, 2.45) is 0 Å². The van der Waals surface area contributed by atoms with Crippen LogP contribution in [-0.4, -0.2) is 27.0 Å². The van der Waals surface area contributed by atoms with Gasteiger partial charge in [0.15, 0.2) is 0 Å². The normalized spacial score (nSPS) is 21.1. The summed E-state index contributed by atoms with van der Waals surface area (Å²) >= 11 is 3.51. The predicted molar refractivity (Wildman–Crippen MR) is 91.1 cm³/mol. The van der Waals surface area contributed by atoms with Gasteiger partial charge in [-0.05, 0) is 40.5 Å². The molecule has 1 aliphatic heterocycles.